The second-order valence-electron chi connectivity index (χ2n) is 5.99. The molecule has 0 aliphatic carbocycles. The normalized spacial score (nSPS) is 17.6. The zero-order valence-corrected chi connectivity index (χ0v) is 14.1. The number of amides is 2. The maximum Gasteiger partial charge on any atom is 0.318 e. The third-order valence-electron chi connectivity index (χ3n) is 4.28. The highest BCUT2D eigenvalue weighted by molar-refractivity contribution is 5.74. The van der Waals surface area contributed by atoms with Gasteiger partial charge in [0.1, 0.15) is 11.6 Å². The van der Waals surface area contributed by atoms with Gasteiger partial charge < -0.3 is 15.0 Å². The minimum absolute atomic E-state index is 0.0560. The van der Waals surface area contributed by atoms with E-state index >= 15 is 0 Å². The van der Waals surface area contributed by atoms with Crippen molar-refractivity contribution in [2.75, 3.05) is 13.7 Å². The standard InChI is InChI=1S/C17H23N5O2/c1-12-19-16(21-20-12)15-5-3-4-10-22(15)17(23)18-11-13-6-8-14(24-2)9-7-13/h6-9,15H,3-5,10-11H2,1-2H3,(H,18,23)(H,19,20,21). The van der Waals surface area contributed by atoms with E-state index in [1.54, 1.807) is 7.11 Å². The van der Waals surface area contributed by atoms with Crippen LogP contribution in [0.15, 0.2) is 24.3 Å². The van der Waals surface area contributed by atoms with Crippen LogP contribution in [0.2, 0.25) is 0 Å². The zero-order chi connectivity index (χ0) is 16.9. The van der Waals surface area contributed by atoms with E-state index in [1.165, 1.54) is 0 Å². The van der Waals surface area contributed by atoms with Gasteiger partial charge in [-0.3, -0.25) is 5.10 Å². The SMILES string of the molecule is COc1ccc(CNC(=O)N2CCCCC2c2n[nH]c(C)n2)cc1. The molecule has 0 spiro atoms. The fraction of sp³-hybridized carbons (Fsp3) is 0.471. The Morgan fingerprint density at radius 1 is 1.38 bits per heavy atom. The van der Waals surface area contributed by atoms with Crippen LogP contribution in [0.3, 0.4) is 0 Å². The number of methoxy groups -OCH3 is 1. The molecule has 1 aromatic carbocycles. The predicted octanol–water partition coefficient (Wildman–Crippen LogP) is 2.56. The van der Waals surface area contributed by atoms with Gasteiger partial charge in [0.15, 0.2) is 5.82 Å². The zero-order valence-electron chi connectivity index (χ0n) is 14.1. The number of hydrogen-bond donors (Lipinski definition) is 2. The second-order valence-corrected chi connectivity index (χ2v) is 5.99. The average molecular weight is 329 g/mol. The Morgan fingerprint density at radius 3 is 2.83 bits per heavy atom. The van der Waals surface area contributed by atoms with E-state index in [0.717, 1.165) is 42.9 Å². The summed E-state index contributed by atoms with van der Waals surface area (Å²) in [6.45, 7) is 3.08. The van der Waals surface area contributed by atoms with Crippen LogP contribution in [0.1, 0.15) is 42.5 Å². The van der Waals surface area contributed by atoms with Crippen molar-refractivity contribution >= 4 is 6.03 Å². The Hall–Kier alpha value is -2.57. The number of H-pyrrole nitrogens is 1. The molecule has 2 heterocycles. The third kappa shape index (κ3) is 3.67. The summed E-state index contributed by atoms with van der Waals surface area (Å²) < 4.78 is 5.14. The van der Waals surface area contributed by atoms with Gasteiger partial charge in [-0.1, -0.05) is 12.1 Å². The molecular weight excluding hydrogens is 306 g/mol. The van der Waals surface area contributed by atoms with E-state index in [-0.39, 0.29) is 12.1 Å². The van der Waals surface area contributed by atoms with Gasteiger partial charge in [0.2, 0.25) is 0 Å². The largest absolute Gasteiger partial charge is 0.497 e. The molecular formula is C17H23N5O2. The Balaban J connectivity index is 1.63. The van der Waals surface area contributed by atoms with E-state index < -0.39 is 0 Å². The summed E-state index contributed by atoms with van der Waals surface area (Å²) in [5.41, 5.74) is 1.03. The molecule has 24 heavy (non-hydrogen) atoms. The quantitative estimate of drug-likeness (QED) is 0.903. The molecule has 7 nitrogen and oxygen atoms in total. The predicted molar refractivity (Wildman–Crippen MR) is 89.6 cm³/mol. The number of likely N-dealkylation sites (tertiary alicyclic amines) is 1. The second kappa shape index (κ2) is 7.33. The van der Waals surface area contributed by atoms with Gasteiger partial charge >= 0.3 is 6.03 Å². The van der Waals surface area contributed by atoms with Gasteiger partial charge in [-0.15, -0.1) is 0 Å². The monoisotopic (exact) mass is 329 g/mol. The van der Waals surface area contributed by atoms with Crippen LogP contribution >= 0.6 is 0 Å². The highest BCUT2D eigenvalue weighted by Gasteiger charge is 2.30. The molecule has 1 atom stereocenters. The number of rotatable bonds is 4. The van der Waals surface area contributed by atoms with E-state index in [4.69, 9.17) is 4.74 Å². The maximum atomic E-state index is 12.6. The Kier molecular flexibility index (Phi) is 4.98. The molecule has 0 radical (unpaired) electrons. The van der Waals surface area contributed by atoms with Crippen LogP contribution in [0.4, 0.5) is 4.79 Å². The fourth-order valence-corrected chi connectivity index (χ4v) is 2.97. The molecule has 0 saturated carbocycles. The highest BCUT2D eigenvalue weighted by atomic mass is 16.5. The van der Waals surface area contributed by atoms with Gasteiger partial charge in [-0.2, -0.15) is 5.10 Å². The lowest BCUT2D eigenvalue weighted by atomic mass is 10.0. The van der Waals surface area contributed by atoms with Crippen molar-refractivity contribution in [2.24, 2.45) is 0 Å². The number of nitrogens with zero attached hydrogens (tertiary/aromatic N) is 3. The first kappa shape index (κ1) is 16.3. The lowest BCUT2D eigenvalue weighted by Gasteiger charge is -2.34. The maximum absolute atomic E-state index is 12.6. The molecule has 2 aromatic rings. The van der Waals surface area contributed by atoms with Gasteiger partial charge in [-0.25, -0.2) is 9.78 Å². The first-order chi connectivity index (χ1) is 11.7. The molecule has 1 unspecified atom stereocenters. The number of aromatic amines is 1. The van der Waals surface area contributed by atoms with E-state index in [0.29, 0.717) is 12.4 Å². The number of carbonyl (C=O) groups is 1. The van der Waals surface area contributed by atoms with Crippen molar-refractivity contribution in [1.82, 2.24) is 25.4 Å². The van der Waals surface area contributed by atoms with E-state index in [2.05, 4.69) is 20.5 Å². The van der Waals surface area contributed by atoms with Crippen molar-refractivity contribution in [2.45, 2.75) is 38.8 Å². The number of carbonyl (C=O) groups excluding carboxylic acids is 1. The van der Waals surface area contributed by atoms with E-state index in [9.17, 15) is 4.79 Å². The summed E-state index contributed by atoms with van der Waals surface area (Å²) in [6, 6.07) is 7.55. The molecule has 1 fully saturated rings. The average Bonchev–Trinajstić information content (AvgIpc) is 3.06. The van der Waals surface area contributed by atoms with Crippen LogP contribution in [-0.4, -0.2) is 39.8 Å². The molecule has 1 aliphatic rings. The molecule has 7 heteroatoms. The topological polar surface area (TPSA) is 83.1 Å². The Morgan fingerprint density at radius 2 is 2.17 bits per heavy atom. The Bertz CT molecular complexity index is 683. The van der Waals surface area contributed by atoms with Gasteiger partial charge in [0.05, 0.1) is 13.2 Å². The molecule has 1 saturated heterocycles. The lowest BCUT2D eigenvalue weighted by molar-refractivity contribution is 0.147. The summed E-state index contributed by atoms with van der Waals surface area (Å²) in [4.78, 5) is 18.9. The Labute approximate surface area is 141 Å². The number of piperidine rings is 1. The summed E-state index contributed by atoms with van der Waals surface area (Å²) >= 11 is 0. The molecule has 0 bridgehead atoms. The van der Waals surface area contributed by atoms with Gasteiger partial charge in [-0.05, 0) is 43.9 Å². The molecule has 2 amide bonds. The van der Waals surface area contributed by atoms with Crippen molar-refractivity contribution in [3.63, 3.8) is 0 Å². The molecule has 128 valence electrons. The first-order valence-corrected chi connectivity index (χ1v) is 8.23. The number of nitrogens with one attached hydrogen (secondary N) is 2. The number of urea groups is 1. The number of ether oxygens (including phenoxy) is 1. The first-order valence-electron chi connectivity index (χ1n) is 8.23. The van der Waals surface area contributed by atoms with Crippen molar-refractivity contribution < 1.29 is 9.53 Å². The van der Waals surface area contributed by atoms with Crippen molar-refractivity contribution in [1.29, 1.82) is 0 Å². The highest BCUT2D eigenvalue weighted by Crippen LogP contribution is 2.28. The number of aromatic nitrogens is 3. The van der Waals surface area contributed by atoms with Crippen molar-refractivity contribution in [3.05, 3.63) is 41.5 Å². The lowest BCUT2D eigenvalue weighted by Crippen LogP contribution is -2.44. The van der Waals surface area contributed by atoms with Gasteiger partial charge in [0.25, 0.3) is 0 Å². The smallest absolute Gasteiger partial charge is 0.318 e. The summed E-state index contributed by atoms with van der Waals surface area (Å²) in [5.74, 6) is 2.28. The van der Waals surface area contributed by atoms with Crippen molar-refractivity contribution in [3.8, 4) is 5.75 Å². The number of benzene rings is 1. The number of aryl methyl sites for hydroxylation is 1. The number of hydrogen-bond acceptors (Lipinski definition) is 4. The van der Waals surface area contributed by atoms with Gasteiger partial charge in [0, 0.05) is 13.1 Å². The van der Waals surface area contributed by atoms with Crippen LogP contribution in [0.25, 0.3) is 0 Å². The van der Waals surface area contributed by atoms with Crippen LogP contribution < -0.4 is 10.1 Å². The van der Waals surface area contributed by atoms with Crippen LogP contribution in [0, 0.1) is 6.92 Å². The molecule has 2 N–H and O–H groups in total. The third-order valence-corrected chi connectivity index (χ3v) is 4.28. The summed E-state index contributed by atoms with van der Waals surface area (Å²) in [7, 11) is 1.64. The fourth-order valence-electron chi connectivity index (χ4n) is 2.97. The molecule has 1 aliphatic heterocycles. The summed E-state index contributed by atoms with van der Waals surface area (Å²) in [6.07, 6.45) is 2.99. The summed E-state index contributed by atoms with van der Waals surface area (Å²) in [5, 5.41) is 10.1. The van der Waals surface area contributed by atoms with Crippen LogP contribution in [-0.2, 0) is 6.54 Å². The van der Waals surface area contributed by atoms with Crippen LogP contribution in [0.5, 0.6) is 5.75 Å². The minimum Gasteiger partial charge on any atom is -0.497 e. The molecule has 3 rings (SSSR count). The van der Waals surface area contributed by atoms with E-state index in [1.807, 2.05) is 36.1 Å². The minimum atomic E-state index is -0.0713. The molecule has 1 aromatic heterocycles.